The molecule has 3 fully saturated rings. The molecular weight excluding hydrogens is 232 g/mol. The Hall–Kier alpha value is -0.500. The minimum Gasteiger partial charge on any atom is -0.375 e. The summed E-state index contributed by atoms with van der Waals surface area (Å²) in [6, 6.07) is 0. The molecule has 2 saturated carbocycles. The Balaban J connectivity index is 0.000000528. The van der Waals surface area contributed by atoms with E-state index in [4.69, 9.17) is 0 Å². The number of hydrogen-bond donors (Lipinski definition) is 0. The van der Waals surface area contributed by atoms with Crippen LogP contribution in [-0.4, -0.2) is 41.5 Å². The second kappa shape index (κ2) is 4.80. The normalized spacial score (nSPS) is 40.8. The third-order valence-electron chi connectivity index (χ3n) is 5.79. The number of likely N-dealkylation sites (tertiary alicyclic amines) is 1. The van der Waals surface area contributed by atoms with E-state index < -0.39 is 0 Å². The summed E-state index contributed by atoms with van der Waals surface area (Å²) >= 11 is 0. The highest BCUT2D eigenvalue weighted by atomic mass is 15.3. The van der Waals surface area contributed by atoms with Gasteiger partial charge in [-0.2, -0.15) is 0 Å². The predicted molar refractivity (Wildman–Crippen MR) is 81.1 cm³/mol. The van der Waals surface area contributed by atoms with Gasteiger partial charge in [0.2, 0.25) is 0 Å². The smallest absolute Gasteiger partial charge is 0.0279 e. The second-order valence-electron chi connectivity index (χ2n) is 6.88. The van der Waals surface area contributed by atoms with Crippen LogP contribution in [0.5, 0.6) is 0 Å². The van der Waals surface area contributed by atoms with Gasteiger partial charge in [0.1, 0.15) is 0 Å². The fraction of sp³-hybridized carbons (Fsp3) is 0.882. The maximum atomic E-state index is 2.76. The van der Waals surface area contributed by atoms with Gasteiger partial charge >= 0.3 is 0 Å². The van der Waals surface area contributed by atoms with E-state index in [-0.39, 0.29) is 0 Å². The summed E-state index contributed by atoms with van der Waals surface area (Å²) in [5.74, 6) is 0. The van der Waals surface area contributed by atoms with Crippen LogP contribution in [0.25, 0.3) is 0 Å². The first-order chi connectivity index (χ1) is 9.24. The lowest BCUT2D eigenvalue weighted by molar-refractivity contribution is 0.203. The standard InChI is InChI=1S/C15H24N2.C2H6/c1-14-11-15(14,12-14)17-9-5-13(6-10-17)16-7-3-2-4-8-16;1-2/h5H,2-4,6-12H2,1H3;1-2H3. The first-order valence-electron chi connectivity index (χ1n) is 8.43. The maximum Gasteiger partial charge on any atom is 0.0279 e. The minimum atomic E-state index is 0.678. The molecule has 0 amide bonds. The third-order valence-corrected chi connectivity index (χ3v) is 5.79. The van der Waals surface area contributed by atoms with Crippen molar-refractivity contribution >= 4 is 0 Å². The van der Waals surface area contributed by atoms with Crippen LogP contribution >= 0.6 is 0 Å². The SMILES string of the molecule is CC.CC12CC1(N1CC=C(N3CCCCC3)CC1)C2. The van der Waals surface area contributed by atoms with Gasteiger partial charge in [-0.3, -0.25) is 4.90 Å². The molecule has 0 aromatic rings. The lowest BCUT2D eigenvalue weighted by atomic mass is 10.1. The van der Waals surface area contributed by atoms with Gasteiger partial charge in [0.25, 0.3) is 0 Å². The van der Waals surface area contributed by atoms with Gasteiger partial charge in [-0.15, -0.1) is 0 Å². The van der Waals surface area contributed by atoms with Crippen LogP contribution in [-0.2, 0) is 0 Å². The molecular formula is C17H30N2. The van der Waals surface area contributed by atoms with E-state index >= 15 is 0 Å². The number of hydrogen-bond acceptors (Lipinski definition) is 2. The Labute approximate surface area is 118 Å². The van der Waals surface area contributed by atoms with Crippen molar-refractivity contribution in [1.29, 1.82) is 0 Å². The lowest BCUT2D eigenvalue weighted by Crippen LogP contribution is -2.39. The summed E-state index contributed by atoms with van der Waals surface area (Å²) in [7, 11) is 0. The maximum absolute atomic E-state index is 2.76. The highest BCUT2D eigenvalue weighted by molar-refractivity contribution is 5.37. The first-order valence-corrected chi connectivity index (χ1v) is 8.43. The Morgan fingerprint density at radius 2 is 1.63 bits per heavy atom. The quantitative estimate of drug-likeness (QED) is 0.749. The van der Waals surface area contributed by atoms with Gasteiger partial charge < -0.3 is 4.90 Å². The van der Waals surface area contributed by atoms with Crippen LogP contribution in [0.15, 0.2) is 11.8 Å². The first kappa shape index (κ1) is 13.5. The molecule has 4 rings (SSSR count). The number of piperidine rings is 1. The molecule has 108 valence electrons. The third kappa shape index (κ3) is 2.12. The van der Waals surface area contributed by atoms with E-state index in [9.17, 15) is 0 Å². The molecule has 0 atom stereocenters. The van der Waals surface area contributed by atoms with Crippen molar-refractivity contribution < 1.29 is 0 Å². The van der Waals surface area contributed by atoms with E-state index in [0.717, 1.165) is 5.41 Å². The van der Waals surface area contributed by atoms with Crippen molar-refractivity contribution in [3.05, 3.63) is 11.8 Å². The summed E-state index contributed by atoms with van der Waals surface area (Å²) in [6.45, 7) is 11.6. The van der Waals surface area contributed by atoms with Crippen molar-refractivity contribution in [2.45, 2.75) is 64.8 Å². The number of rotatable bonds is 2. The van der Waals surface area contributed by atoms with Crippen LogP contribution in [0, 0.1) is 5.41 Å². The van der Waals surface area contributed by atoms with Gasteiger partial charge in [-0.05, 0) is 43.9 Å². The van der Waals surface area contributed by atoms with Crippen molar-refractivity contribution in [3.8, 4) is 0 Å². The molecule has 0 bridgehead atoms. The molecule has 2 heterocycles. The lowest BCUT2D eigenvalue weighted by Gasteiger charge is -2.36. The van der Waals surface area contributed by atoms with Crippen molar-refractivity contribution in [3.63, 3.8) is 0 Å². The number of nitrogens with zero attached hydrogens (tertiary/aromatic N) is 2. The topological polar surface area (TPSA) is 6.48 Å². The highest BCUT2D eigenvalue weighted by Gasteiger charge is 2.82. The highest BCUT2D eigenvalue weighted by Crippen LogP contribution is 2.81. The summed E-state index contributed by atoms with van der Waals surface area (Å²) in [6.07, 6.45) is 11.0. The van der Waals surface area contributed by atoms with Crippen LogP contribution in [0.1, 0.15) is 59.3 Å². The van der Waals surface area contributed by atoms with Gasteiger partial charge in [0, 0.05) is 37.4 Å². The van der Waals surface area contributed by atoms with E-state index in [1.165, 1.54) is 64.7 Å². The molecule has 0 aromatic carbocycles. The second-order valence-corrected chi connectivity index (χ2v) is 6.88. The van der Waals surface area contributed by atoms with E-state index in [1.807, 2.05) is 13.8 Å². The average Bonchev–Trinajstić information content (AvgIpc) is 3.27. The van der Waals surface area contributed by atoms with Crippen molar-refractivity contribution in [2.24, 2.45) is 5.41 Å². The minimum absolute atomic E-state index is 0.678. The Morgan fingerprint density at radius 3 is 2.11 bits per heavy atom. The Kier molecular flexibility index (Phi) is 3.41. The molecule has 0 aromatic heterocycles. The van der Waals surface area contributed by atoms with Gasteiger partial charge in [0.05, 0.1) is 0 Å². The van der Waals surface area contributed by atoms with Gasteiger partial charge in [0.15, 0.2) is 0 Å². The molecule has 2 aliphatic carbocycles. The fourth-order valence-corrected chi connectivity index (χ4v) is 4.27. The summed E-state index contributed by atoms with van der Waals surface area (Å²) in [5, 5.41) is 0. The van der Waals surface area contributed by atoms with Gasteiger partial charge in [-0.25, -0.2) is 0 Å². The molecule has 0 radical (unpaired) electrons. The van der Waals surface area contributed by atoms with E-state index in [2.05, 4.69) is 22.8 Å². The molecule has 0 N–H and O–H groups in total. The summed E-state index contributed by atoms with van der Waals surface area (Å²) in [5.41, 5.74) is 3.07. The van der Waals surface area contributed by atoms with Crippen LogP contribution in [0.2, 0.25) is 0 Å². The van der Waals surface area contributed by atoms with Crippen LogP contribution < -0.4 is 0 Å². The monoisotopic (exact) mass is 262 g/mol. The molecule has 19 heavy (non-hydrogen) atoms. The summed E-state index contributed by atoms with van der Waals surface area (Å²) < 4.78 is 0. The zero-order valence-electron chi connectivity index (χ0n) is 13.0. The molecule has 2 aliphatic heterocycles. The number of fused-ring (bicyclic) bond motifs is 1. The predicted octanol–water partition coefficient (Wildman–Crippen LogP) is 3.64. The zero-order valence-corrected chi connectivity index (χ0v) is 13.0. The van der Waals surface area contributed by atoms with Crippen LogP contribution in [0.4, 0.5) is 0 Å². The van der Waals surface area contributed by atoms with E-state index in [0.29, 0.717) is 5.54 Å². The molecule has 2 heteroatoms. The molecule has 1 saturated heterocycles. The largest absolute Gasteiger partial charge is 0.375 e. The Bertz CT molecular complexity index is 359. The zero-order chi connectivity index (χ0) is 13.5. The summed E-state index contributed by atoms with van der Waals surface area (Å²) in [4.78, 5) is 5.41. The van der Waals surface area contributed by atoms with Crippen molar-refractivity contribution in [2.75, 3.05) is 26.2 Å². The fourth-order valence-electron chi connectivity index (χ4n) is 4.27. The van der Waals surface area contributed by atoms with E-state index in [1.54, 1.807) is 5.70 Å². The molecule has 4 aliphatic rings. The molecule has 0 spiro atoms. The Morgan fingerprint density at radius 1 is 1.00 bits per heavy atom. The van der Waals surface area contributed by atoms with Gasteiger partial charge in [-0.1, -0.05) is 26.8 Å². The van der Waals surface area contributed by atoms with Crippen LogP contribution in [0.3, 0.4) is 0 Å². The average molecular weight is 262 g/mol. The molecule has 0 unspecified atom stereocenters. The van der Waals surface area contributed by atoms with Crippen molar-refractivity contribution in [1.82, 2.24) is 9.80 Å². The molecule has 2 nitrogen and oxygen atoms in total.